The Morgan fingerprint density at radius 3 is 2.62 bits per heavy atom. The van der Waals surface area contributed by atoms with Gasteiger partial charge in [0.15, 0.2) is 0 Å². The standard InChI is InChI=1S/C19H24N2O3/c1-13(2)24-14-8-10-21(11-9-14)19(22)16-12-18(23-3)20-17-7-5-4-6-15(16)17/h4-7,12-14H,8-11H2,1-3H3. The molecule has 2 heterocycles. The third-order valence-corrected chi connectivity index (χ3v) is 4.33. The molecule has 0 aliphatic carbocycles. The number of ether oxygens (including phenoxy) is 2. The fraction of sp³-hybridized carbons (Fsp3) is 0.474. The summed E-state index contributed by atoms with van der Waals surface area (Å²) >= 11 is 0. The van der Waals surface area contributed by atoms with Crippen molar-refractivity contribution < 1.29 is 14.3 Å². The lowest BCUT2D eigenvalue weighted by atomic mass is 10.0. The van der Waals surface area contributed by atoms with Gasteiger partial charge in [0.2, 0.25) is 5.88 Å². The van der Waals surface area contributed by atoms with Gasteiger partial charge >= 0.3 is 0 Å². The Hall–Kier alpha value is -2.14. The maximum atomic E-state index is 13.0. The number of fused-ring (bicyclic) bond motifs is 1. The molecule has 1 saturated heterocycles. The highest BCUT2D eigenvalue weighted by Crippen LogP contribution is 2.25. The van der Waals surface area contributed by atoms with Gasteiger partial charge < -0.3 is 14.4 Å². The Labute approximate surface area is 142 Å². The average molecular weight is 328 g/mol. The molecule has 1 aliphatic rings. The molecule has 0 radical (unpaired) electrons. The third kappa shape index (κ3) is 3.51. The second-order valence-corrected chi connectivity index (χ2v) is 6.41. The van der Waals surface area contributed by atoms with E-state index in [1.165, 1.54) is 0 Å². The van der Waals surface area contributed by atoms with E-state index in [0.717, 1.165) is 36.8 Å². The summed E-state index contributed by atoms with van der Waals surface area (Å²) < 4.78 is 11.1. The zero-order valence-electron chi connectivity index (χ0n) is 14.5. The number of methoxy groups -OCH3 is 1. The molecule has 0 saturated carbocycles. The zero-order valence-corrected chi connectivity index (χ0v) is 14.5. The van der Waals surface area contributed by atoms with Crippen LogP contribution in [0.5, 0.6) is 5.88 Å². The third-order valence-electron chi connectivity index (χ3n) is 4.33. The lowest BCUT2D eigenvalue weighted by molar-refractivity contribution is -0.0236. The Balaban J connectivity index is 1.82. The van der Waals surface area contributed by atoms with Gasteiger partial charge in [0.25, 0.3) is 5.91 Å². The molecular formula is C19H24N2O3. The highest BCUT2D eigenvalue weighted by atomic mass is 16.5. The van der Waals surface area contributed by atoms with E-state index >= 15 is 0 Å². The molecule has 0 unspecified atom stereocenters. The lowest BCUT2D eigenvalue weighted by Gasteiger charge is -2.33. The van der Waals surface area contributed by atoms with Crippen molar-refractivity contribution >= 4 is 16.8 Å². The number of hydrogen-bond donors (Lipinski definition) is 0. The first kappa shape index (κ1) is 16.7. The van der Waals surface area contributed by atoms with Crippen molar-refractivity contribution in [1.29, 1.82) is 0 Å². The minimum Gasteiger partial charge on any atom is -0.481 e. The summed E-state index contributed by atoms with van der Waals surface area (Å²) in [6.45, 7) is 5.53. The maximum Gasteiger partial charge on any atom is 0.254 e. The Kier molecular flexibility index (Phi) is 5.00. The number of hydrogen-bond acceptors (Lipinski definition) is 4. The number of piperidine rings is 1. The molecule has 24 heavy (non-hydrogen) atoms. The van der Waals surface area contributed by atoms with Crippen molar-refractivity contribution in [2.24, 2.45) is 0 Å². The average Bonchev–Trinajstić information content (AvgIpc) is 2.60. The van der Waals surface area contributed by atoms with Gasteiger partial charge in [0.1, 0.15) is 0 Å². The van der Waals surface area contributed by atoms with Gasteiger partial charge in [-0.15, -0.1) is 0 Å². The van der Waals surface area contributed by atoms with Crippen LogP contribution in [-0.2, 0) is 4.74 Å². The molecule has 0 N–H and O–H groups in total. The lowest BCUT2D eigenvalue weighted by Crippen LogP contribution is -2.41. The molecule has 2 aromatic rings. The highest BCUT2D eigenvalue weighted by molar-refractivity contribution is 6.06. The minimum absolute atomic E-state index is 0.0369. The first-order valence-electron chi connectivity index (χ1n) is 8.47. The van der Waals surface area contributed by atoms with E-state index in [9.17, 15) is 4.79 Å². The highest BCUT2D eigenvalue weighted by Gasteiger charge is 2.26. The second-order valence-electron chi connectivity index (χ2n) is 6.41. The number of likely N-dealkylation sites (tertiary alicyclic amines) is 1. The minimum atomic E-state index is 0.0369. The number of pyridine rings is 1. The van der Waals surface area contributed by atoms with E-state index in [-0.39, 0.29) is 18.1 Å². The normalized spacial score (nSPS) is 15.9. The van der Waals surface area contributed by atoms with E-state index in [4.69, 9.17) is 9.47 Å². The van der Waals surface area contributed by atoms with E-state index in [2.05, 4.69) is 4.98 Å². The quantitative estimate of drug-likeness (QED) is 0.864. The van der Waals surface area contributed by atoms with Gasteiger partial charge in [-0.2, -0.15) is 0 Å². The number of rotatable bonds is 4. The SMILES string of the molecule is COc1cc(C(=O)N2CCC(OC(C)C)CC2)c2ccccc2n1. The van der Waals surface area contributed by atoms with Crippen LogP contribution in [-0.4, -0.2) is 48.2 Å². The number of aromatic nitrogens is 1. The molecule has 0 spiro atoms. The van der Waals surface area contributed by atoms with Crippen molar-refractivity contribution in [3.8, 4) is 5.88 Å². The number of carbonyl (C=O) groups excluding carboxylic acids is 1. The molecule has 1 amide bonds. The fourth-order valence-corrected chi connectivity index (χ4v) is 3.18. The Bertz CT molecular complexity index is 722. The molecule has 1 fully saturated rings. The summed E-state index contributed by atoms with van der Waals surface area (Å²) in [6, 6.07) is 9.41. The largest absolute Gasteiger partial charge is 0.481 e. The molecule has 5 heteroatoms. The predicted molar refractivity (Wildman–Crippen MR) is 93.4 cm³/mol. The summed E-state index contributed by atoms with van der Waals surface area (Å²) in [5.41, 5.74) is 1.43. The monoisotopic (exact) mass is 328 g/mol. The fourth-order valence-electron chi connectivity index (χ4n) is 3.18. The van der Waals surface area contributed by atoms with Crippen LogP contribution >= 0.6 is 0 Å². The van der Waals surface area contributed by atoms with Crippen LogP contribution in [0, 0.1) is 0 Å². The van der Waals surface area contributed by atoms with Gasteiger partial charge in [0.05, 0.1) is 30.4 Å². The van der Waals surface area contributed by atoms with Crippen LogP contribution in [0.25, 0.3) is 10.9 Å². The van der Waals surface area contributed by atoms with Gasteiger partial charge in [-0.25, -0.2) is 4.98 Å². The van der Waals surface area contributed by atoms with Crippen molar-refractivity contribution in [2.45, 2.75) is 38.9 Å². The zero-order chi connectivity index (χ0) is 17.1. The number of benzene rings is 1. The summed E-state index contributed by atoms with van der Waals surface area (Å²) in [6.07, 6.45) is 2.23. The molecule has 1 aromatic heterocycles. The van der Waals surface area contributed by atoms with Crippen molar-refractivity contribution in [1.82, 2.24) is 9.88 Å². The van der Waals surface area contributed by atoms with E-state index in [1.54, 1.807) is 13.2 Å². The van der Waals surface area contributed by atoms with E-state index in [0.29, 0.717) is 11.4 Å². The molecule has 1 aliphatic heterocycles. The van der Waals surface area contributed by atoms with Crippen LogP contribution in [0.2, 0.25) is 0 Å². The summed E-state index contributed by atoms with van der Waals surface area (Å²) in [5, 5.41) is 0.865. The Morgan fingerprint density at radius 2 is 1.96 bits per heavy atom. The molecule has 1 aromatic carbocycles. The van der Waals surface area contributed by atoms with Gasteiger partial charge in [-0.3, -0.25) is 4.79 Å². The summed E-state index contributed by atoms with van der Waals surface area (Å²) in [4.78, 5) is 19.3. The van der Waals surface area contributed by atoms with Gasteiger partial charge in [-0.1, -0.05) is 18.2 Å². The first-order valence-corrected chi connectivity index (χ1v) is 8.47. The van der Waals surface area contributed by atoms with E-state index < -0.39 is 0 Å². The van der Waals surface area contributed by atoms with Crippen LogP contribution < -0.4 is 4.74 Å². The van der Waals surface area contributed by atoms with Crippen molar-refractivity contribution in [2.75, 3.05) is 20.2 Å². The topological polar surface area (TPSA) is 51.7 Å². The number of para-hydroxylation sites is 1. The van der Waals surface area contributed by atoms with Crippen LogP contribution in [0.1, 0.15) is 37.0 Å². The predicted octanol–water partition coefficient (Wildman–Crippen LogP) is 3.27. The van der Waals surface area contributed by atoms with Gasteiger partial charge in [-0.05, 0) is 32.8 Å². The maximum absolute atomic E-state index is 13.0. The van der Waals surface area contributed by atoms with Crippen LogP contribution in [0.15, 0.2) is 30.3 Å². The molecule has 128 valence electrons. The summed E-state index contributed by atoms with van der Waals surface area (Å²) in [5.74, 6) is 0.505. The number of carbonyl (C=O) groups is 1. The number of amides is 1. The van der Waals surface area contributed by atoms with Crippen LogP contribution in [0.3, 0.4) is 0 Å². The van der Waals surface area contributed by atoms with Crippen molar-refractivity contribution in [3.05, 3.63) is 35.9 Å². The van der Waals surface area contributed by atoms with Crippen LogP contribution in [0.4, 0.5) is 0 Å². The van der Waals surface area contributed by atoms with Crippen molar-refractivity contribution in [3.63, 3.8) is 0 Å². The Morgan fingerprint density at radius 1 is 1.25 bits per heavy atom. The first-order chi connectivity index (χ1) is 11.6. The molecule has 3 rings (SSSR count). The second kappa shape index (κ2) is 7.18. The summed E-state index contributed by atoms with van der Waals surface area (Å²) in [7, 11) is 1.57. The smallest absolute Gasteiger partial charge is 0.254 e. The number of nitrogens with zero attached hydrogens (tertiary/aromatic N) is 2. The molecule has 5 nitrogen and oxygen atoms in total. The molecular weight excluding hydrogens is 304 g/mol. The van der Waals surface area contributed by atoms with Gasteiger partial charge in [0, 0.05) is 24.5 Å². The molecule has 0 atom stereocenters. The molecule has 0 bridgehead atoms. The van der Waals surface area contributed by atoms with E-state index in [1.807, 2.05) is 43.0 Å².